The maximum absolute atomic E-state index is 12.9. The summed E-state index contributed by atoms with van der Waals surface area (Å²) in [6.45, 7) is 0. The van der Waals surface area contributed by atoms with Crippen LogP contribution in [0.4, 0.5) is 10.1 Å². The van der Waals surface area contributed by atoms with Crippen LogP contribution in [0.3, 0.4) is 0 Å². The molecule has 0 saturated heterocycles. The number of methoxy groups -OCH3 is 2. The summed E-state index contributed by atoms with van der Waals surface area (Å²) in [6.07, 6.45) is 3.85. The van der Waals surface area contributed by atoms with E-state index in [4.69, 9.17) is 9.47 Å². The van der Waals surface area contributed by atoms with Gasteiger partial charge >= 0.3 is 0 Å². The number of sulfonamides is 1. The van der Waals surface area contributed by atoms with Gasteiger partial charge in [0.1, 0.15) is 17.3 Å². The number of ether oxygens (including phenoxy) is 2. The molecule has 0 heterocycles. The molecule has 0 aliphatic rings. The smallest absolute Gasteiger partial charge is 0.229 e. The van der Waals surface area contributed by atoms with Crippen molar-refractivity contribution in [2.24, 2.45) is 0 Å². The number of hydrogen-bond donors (Lipinski definition) is 1. The third-order valence-electron chi connectivity index (χ3n) is 3.39. The summed E-state index contributed by atoms with van der Waals surface area (Å²) in [7, 11) is -0.684. The van der Waals surface area contributed by atoms with E-state index in [1.165, 1.54) is 56.7 Å². The molecule has 0 aliphatic carbocycles. The van der Waals surface area contributed by atoms with Gasteiger partial charge in [-0.1, -0.05) is 0 Å². The lowest BCUT2D eigenvalue weighted by molar-refractivity contribution is 0.104. The molecule has 0 fully saturated rings. The van der Waals surface area contributed by atoms with Gasteiger partial charge in [0.15, 0.2) is 5.78 Å². The van der Waals surface area contributed by atoms with Crippen molar-refractivity contribution in [3.05, 3.63) is 59.4 Å². The summed E-state index contributed by atoms with van der Waals surface area (Å²) in [5.41, 5.74) is 1.07. The van der Waals surface area contributed by atoms with Crippen molar-refractivity contribution in [3.63, 3.8) is 0 Å². The minimum atomic E-state index is -3.50. The Kier molecular flexibility index (Phi) is 5.99. The number of benzene rings is 2. The zero-order valence-corrected chi connectivity index (χ0v) is 15.3. The molecule has 2 aromatic carbocycles. The molecule has 0 bridgehead atoms. The number of carbonyl (C=O) groups excluding carboxylic acids is 1. The van der Waals surface area contributed by atoms with Crippen molar-refractivity contribution in [1.29, 1.82) is 0 Å². The Morgan fingerprint density at radius 1 is 1.08 bits per heavy atom. The van der Waals surface area contributed by atoms with Crippen LogP contribution in [0.25, 0.3) is 6.08 Å². The van der Waals surface area contributed by atoms with Crippen LogP contribution in [0.2, 0.25) is 0 Å². The highest BCUT2D eigenvalue weighted by Crippen LogP contribution is 2.34. The lowest BCUT2D eigenvalue weighted by Crippen LogP contribution is -2.11. The van der Waals surface area contributed by atoms with Gasteiger partial charge in [-0.3, -0.25) is 9.52 Å². The number of halogens is 1. The fourth-order valence-corrected chi connectivity index (χ4v) is 2.77. The number of allylic oxidation sites excluding steroid dienone is 1. The summed E-state index contributed by atoms with van der Waals surface area (Å²) in [5, 5.41) is 0. The zero-order valence-electron chi connectivity index (χ0n) is 14.4. The summed E-state index contributed by atoms with van der Waals surface area (Å²) in [6, 6.07) is 8.19. The molecule has 0 radical (unpaired) electrons. The lowest BCUT2D eigenvalue weighted by Gasteiger charge is -2.13. The monoisotopic (exact) mass is 379 g/mol. The summed E-state index contributed by atoms with van der Waals surface area (Å²) in [4.78, 5) is 12.2. The van der Waals surface area contributed by atoms with Crippen LogP contribution in [-0.2, 0) is 10.0 Å². The highest BCUT2D eigenvalue weighted by molar-refractivity contribution is 7.92. The molecular weight excluding hydrogens is 361 g/mol. The average molecular weight is 379 g/mol. The Balaban J connectivity index is 2.36. The quantitative estimate of drug-likeness (QED) is 0.590. The van der Waals surface area contributed by atoms with Gasteiger partial charge < -0.3 is 9.47 Å². The second kappa shape index (κ2) is 8.01. The van der Waals surface area contributed by atoms with Crippen LogP contribution in [0, 0.1) is 5.82 Å². The van der Waals surface area contributed by atoms with Crippen molar-refractivity contribution in [2.75, 3.05) is 25.2 Å². The Bertz CT molecular complexity index is 937. The molecule has 8 heteroatoms. The van der Waals surface area contributed by atoms with E-state index in [2.05, 4.69) is 4.72 Å². The normalized spacial score (nSPS) is 11.4. The molecule has 0 atom stereocenters. The molecule has 0 saturated carbocycles. The van der Waals surface area contributed by atoms with Crippen LogP contribution in [0.5, 0.6) is 11.5 Å². The van der Waals surface area contributed by atoms with E-state index in [9.17, 15) is 17.6 Å². The molecule has 2 rings (SSSR count). The maximum Gasteiger partial charge on any atom is 0.229 e. The van der Waals surface area contributed by atoms with Gasteiger partial charge in [0.2, 0.25) is 10.0 Å². The number of ketones is 1. The van der Waals surface area contributed by atoms with Crippen LogP contribution in [0.1, 0.15) is 15.9 Å². The molecule has 0 aliphatic heterocycles. The van der Waals surface area contributed by atoms with E-state index in [1.807, 2.05) is 0 Å². The predicted octanol–water partition coefficient (Wildman–Crippen LogP) is 3.11. The van der Waals surface area contributed by atoms with Crippen LogP contribution >= 0.6 is 0 Å². The molecular formula is C18H18FNO5S. The predicted molar refractivity (Wildman–Crippen MR) is 97.8 cm³/mol. The van der Waals surface area contributed by atoms with Crippen molar-refractivity contribution in [2.45, 2.75) is 0 Å². The Labute approximate surface area is 151 Å². The molecule has 1 N–H and O–H groups in total. The van der Waals surface area contributed by atoms with Crippen molar-refractivity contribution in [1.82, 2.24) is 0 Å². The Morgan fingerprint density at radius 2 is 1.69 bits per heavy atom. The van der Waals surface area contributed by atoms with E-state index in [0.29, 0.717) is 16.9 Å². The van der Waals surface area contributed by atoms with E-state index >= 15 is 0 Å². The maximum atomic E-state index is 12.9. The number of nitrogens with one attached hydrogen (secondary N) is 1. The van der Waals surface area contributed by atoms with Gasteiger partial charge in [-0.25, -0.2) is 12.8 Å². The van der Waals surface area contributed by atoms with Crippen molar-refractivity contribution >= 4 is 27.6 Å². The summed E-state index contributed by atoms with van der Waals surface area (Å²) in [5.74, 6) is -0.125. The molecule has 138 valence electrons. The molecule has 26 heavy (non-hydrogen) atoms. The molecule has 0 spiro atoms. The first-order valence-electron chi connectivity index (χ1n) is 7.45. The average Bonchev–Trinajstić information content (AvgIpc) is 2.59. The van der Waals surface area contributed by atoms with Gasteiger partial charge in [0.25, 0.3) is 0 Å². The van der Waals surface area contributed by atoms with E-state index in [1.54, 1.807) is 6.07 Å². The van der Waals surface area contributed by atoms with Crippen LogP contribution in [0.15, 0.2) is 42.5 Å². The SMILES string of the molecule is COc1cc(NS(C)(=O)=O)c(OC)cc1/C=C/C(=O)c1ccc(F)cc1. The molecule has 2 aromatic rings. The lowest BCUT2D eigenvalue weighted by atomic mass is 10.1. The van der Waals surface area contributed by atoms with Gasteiger partial charge in [-0.05, 0) is 42.5 Å². The fraction of sp³-hybridized carbons (Fsp3) is 0.167. The molecule has 0 aromatic heterocycles. The molecule has 0 unspecified atom stereocenters. The number of carbonyl (C=O) groups is 1. The minimum absolute atomic E-state index is 0.217. The van der Waals surface area contributed by atoms with Gasteiger partial charge in [0.05, 0.1) is 26.2 Å². The highest BCUT2D eigenvalue weighted by atomic mass is 32.2. The van der Waals surface area contributed by atoms with Gasteiger partial charge in [-0.15, -0.1) is 0 Å². The minimum Gasteiger partial charge on any atom is -0.496 e. The molecule has 0 amide bonds. The topological polar surface area (TPSA) is 81.7 Å². The summed E-state index contributed by atoms with van der Waals surface area (Å²) >= 11 is 0. The van der Waals surface area contributed by atoms with E-state index in [0.717, 1.165) is 6.26 Å². The summed E-state index contributed by atoms with van der Waals surface area (Å²) < 4.78 is 48.6. The number of rotatable bonds is 7. The third-order valence-corrected chi connectivity index (χ3v) is 3.98. The fourth-order valence-electron chi connectivity index (χ4n) is 2.21. The first kappa shape index (κ1) is 19.5. The Morgan fingerprint density at radius 3 is 2.23 bits per heavy atom. The van der Waals surface area contributed by atoms with Gasteiger partial charge in [0, 0.05) is 17.2 Å². The van der Waals surface area contributed by atoms with E-state index < -0.39 is 15.8 Å². The van der Waals surface area contributed by atoms with Crippen molar-refractivity contribution in [3.8, 4) is 11.5 Å². The number of anilines is 1. The Hall–Kier alpha value is -2.87. The van der Waals surface area contributed by atoms with Crippen LogP contribution < -0.4 is 14.2 Å². The second-order valence-corrected chi connectivity index (χ2v) is 7.12. The number of hydrogen-bond acceptors (Lipinski definition) is 5. The largest absolute Gasteiger partial charge is 0.496 e. The zero-order chi connectivity index (χ0) is 19.3. The highest BCUT2D eigenvalue weighted by Gasteiger charge is 2.13. The van der Waals surface area contributed by atoms with Gasteiger partial charge in [-0.2, -0.15) is 0 Å². The van der Waals surface area contributed by atoms with Crippen molar-refractivity contribution < 1.29 is 27.1 Å². The van der Waals surface area contributed by atoms with E-state index in [-0.39, 0.29) is 17.2 Å². The standard InChI is InChI=1S/C18H18FNO5S/c1-24-17-11-15(20-26(3,22)23)18(25-2)10-13(17)6-9-16(21)12-4-7-14(19)8-5-12/h4-11,20H,1-3H3/b9-6+. The third kappa shape index (κ3) is 5.06. The second-order valence-electron chi connectivity index (χ2n) is 5.37. The molecule has 6 nitrogen and oxygen atoms in total. The van der Waals surface area contributed by atoms with Crippen LogP contribution in [-0.4, -0.2) is 34.7 Å². The first-order chi connectivity index (χ1) is 12.2. The first-order valence-corrected chi connectivity index (χ1v) is 9.34.